The number of likely N-dealkylation sites (tertiary alicyclic amines) is 1. The summed E-state index contributed by atoms with van der Waals surface area (Å²) in [6.45, 7) is 0.782. The molecule has 1 amide bonds. The molecule has 1 atom stereocenters. The number of carbonyl (C=O) groups excluding carboxylic acids is 1. The van der Waals surface area contributed by atoms with Gasteiger partial charge in [-0.05, 0) is 48.7 Å². The lowest BCUT2D eigenvalue weighted by atomic mass is 10.2. The number of nitrogens with zero attached hydrogens (tertiary/aromatic N) is 2. The van der Waals surface area contributed by atoms with Crippen molar-refractivity contribution in [1.29, 1.82) is 0 Å². The van der Waals surface area contributed by atoms with E-state index in [2.05, 4.69) is 6.07 Å². The Labute approximate surface area is 155 Å². The highest BCUT2D eigenvalue weighted by atomic mass is 35.5. The molecule has 2 heterocycles. The van der Waals surface area contributed by atoms with Gasteiger partial charge in [0, 0.05) is 17.6 Å². The summed E-state index contributed by atoms with van der Waals surface area (Å²) in [6.07, 6.45) is 5.47. The Bertz CT molecular complexity index is 899. The summed E-state index contributed by atoms with van der Waals surface area (Å²) < 4.78 is 1.17. The van der Waals surface area contributed by atoms with Crippen LogP contribution in [0.25, 0.3) is 16.3 Å². The molecule has 2 aromatic carbocycles. The molecule has 1 fully saturated rings. The molecule has 1 saturated heterocycles. The molecule has 0 radical (unpaired) electrons. The van der Waals surface area contributed by atoms with Crippen molar-refractivity contribution < 1.29 is 4.79 Å². The molecule has 1 aliphatic rings. The maximum atomic E-state index is 12.7. The van der Waals surface area contributed by atoms with Crippen LogP contribution in [0.15, 0.2) is 54.6 Å². The van der Waals surface area contributed by atoms with Crippen molar-refractivity contribution in [2.75, 3.05) is 6.54 Å². The van der Waals surface area contributed by atoms with Crippen molar-refractivity contribution in [2.24, 2.45) is 0 Å². The fourth-order valence-electron chi connectivity index (χ4n) is 3.16. The van der Waals surface area contributed by atoms with Gasteiger partial charge in [-0.1, -0.05) is 35.9 Å². The summed E-state index contributed by atoms with van der Waals surface area (Å²) >= 11 is 7.58. The maximum absolute atomic E-state index is 12.7. The van der Waals surface area contributed by atoms with Gasteiger partial charge in [-0.15, -0.1) is 11.3 Å². The van der Waals surface area contributed by atoms with Crippen molar-refractivity contribution in [3.05, 3.63) is 70.2 Å². The van der Waals surface area contributed by atoms with E-state index in [1.165, 1.54) is 4.70 Å². The van der Waals surface area contributed by atoms with Gasteiger partial charge in [0.15, 0.2) is 0 Å². The van der Waals surface area contributed by atoms with E-state index in [4.69, 9.17) is 16.6 Å². The fraction of sp³-hybridized carbons (Fsp3) is 0.200. The number of fused-ring (bicyclic) bond motifs is 1. The smallest absolute Gasteiger partial charge is 0.247 e. The van der Waals surface area contributed by atoms with Crippen molar-refractivity contribution >= 4 is 45.1 Å². The Hall–Kier alpha value is -2.17. The lowest BCUT2D eigenvalue weighted by Gasteiger charge is -2.21. The number of thiazole rings is 1. The first kappa shape index (κ1) is 16.3. The van der Waals surface area contributed by atoms with Gasteiger partial charge in [-0.25, -0.2) is 4.98 Å². The van der Waals surface area contributed by atoms with Crippen LogP contribution in [-0.4, -0.2) is 22.3 Å². The van der Waals surface area contributed by atoms with Crippen LogP contribution in [0.4, 0.5) is 0 Å². The van der Waals surface area contributed by atoms with Gasteiger partial charge in [0.1, 0.15) is 5.01 Å². The van der Waals surface area contributed by atoms with Gasteiger partial charge in [0.25, 0.3) is 0 Å². The fourth-order valence-corrected chi connectivity index (χ4v) is 4.40. The number of amides is 1. The molecule has 4 rings (SSSR count). The lowest BCUT2D eigenvalue weighted by molar-refractivity contribution is -0.126. The average Bonchev–Trinajstić information content (AvgIpc) is 3.27. The largest absolute Gasteiger partial charge is 0.330 e. The summed E-state index contributed by atoms with van der Waals surface area (Å²) in [4.78, 5) is 19.4. The van der Waals surface area contributed by atoms with Crippen molar-refractivity contribution in [3.8, 4) is 0 Å². The molecule has 0 aliphatic carbocycles. The van der Waals surface area contributed by atoms with E-state index in [1.807, 2.05) is 53.4 Å². The Morgan fingerprint density at radius 1 is 1.20 bits per heavy atom. The Morgan fingerprint density at radius 2 is 2.00 bits per heavy atom. The molecular weight excluding hydrogens is 352 g/mol. The van der Waals surface area contributed by atoms with Crippen LogP contribution >= 0.6 is 22.9 Å². The second kappa shape index (κ2) is 6.98. The number of hydrogen-bond acceptors (Lipinski definition) is 3. The first-order chi connectivity index (χ1) is 12.2. The van der Waals surface area contributed by atoms with Crippen LogP contribution in [0.5, 0.6) is 0 Å². The predicted molar refractivity (Wildman–Crippen MR) is 104 cm³/mol. The second-order valence-corrected chi connectivity index (χ2v) is 7.59. The van der Waals surface area contributed by atoms with Gasteiger partial charge < -0.3 is 4.90 Å². The van der Waals surface area contributed by atoms with Crippen LogP contribution in [0.2, 0.25) is 5.02 Å². The molecule has 1 aromatic heterocycles. The lowest BCUT2D eigenvalue weighted by Crippen LogP contribution is -2.28. The second-order valence-electron chi connectivity index (χ2n) is 6.09. The molecule has 0 saturated carbocycles. The number of halogens is 1. The standard InChI is InChI=1S/C20H17ClN2OS/c21-15-10-7-14(8-11-15)9-12-19(24)23-13-3-5-17(23)20-22-16-4-1-2-6-18(16)25-20/h1-2,4,6-12,17H,3,5,13H2/b12-9+. The van der Waals surface area contributed by atoms with Gasteiger partial charge in [-0.2, -0.15) is 0 Å². The first-order valence-electron chi connectivity index (χ1n) is 8.30. The molecule has 25 heavy (non-hydrogen) atoms. The van der Waals surface area contributed by atoms with Crippen molar-refractivity contribution in [3.63, 3.8) is 0 Å². The van der Waals surface area contributed by atoms with Crippen molar-refractivity contribution in [1.82, 2.24) is 9.88 Å². The number of carbonyl (C=O) groups is 1. The van der Waals surface area contributed by atoms with Gasteiger partial charge in [0.2, 0.25) is 5.91 Å². The summed E-state index contributed by atoms with van der Waals surface area (Å²) in [5.41, 5.74) is 1.98. The van der Waals surface area contributed by atoms with Crippen LogP contribution in [0.3, 0.4) is 0 Å². The summed E-state index contributed by atoms with van der Waals surface area (Å²) in [5, 5.41) is 1.73. The SMILES string of the molecule is O=C(/C=C/c1ccc(Cl)cc1)N1CCCC1c1nc2ccccc2s1. The van der Waals surface area contributed by atoms with E-state index >= 15 is 0 Å². The molecule has 0 spiro atoms. The molecule has 0 N–H and O–H groups in total. The molecule has 0 bridgehead atoms. The summed E-state index contributed by atoms with van der Waals surface area (Å²) in [7, 11) is 0. The normalized spacial score (nSPS) is 17.6. The van der Waals surface area contributed by atoms with Crippen LogP contribution in [0.1, 0.15) is 29.5 Å². The molecule has 1 aliphatic heterocycles. The highest BCUT2D eigenvalue weighted by Gasteiger charge is 2.31. The topological polar surface area (TPSA) is 33.2 Å². The monoisotopic (exact) mass is 368 g/mol. The van der Waals surface area contributed by atoms with Crippen molar-refractivity contribution in [2.45, 2.75) is 18.9 Å². The minimum Gasteiger partial charge on any atom is -0.330 e. The van der Waals surface area contributed by atoms with Crippen LogP contribution < -0.4 is 0 Å². The zero-order valence-electron chi connectivity index (χ0n) is 13.6. The third-order valence-corrected chi connectivity index (χ3v) is 5.81. The number of para-hydroxylation sites is 1. The highest BCUT2D eigenvalue weighted by molar-refractivity contribution is 7.18. The summed E-state index contributed by atoms with van der Waals surface area (Å²) in [6, 6.07) is 15.7. The molecule has 126 valence electrons. The maximum Gasteiger partial charge on any atom is 0.247 e. The quantitative estimate of drug-likeness (QED) is 0.585. The molecular formula is C20H17ClN2OS. The highest BCUT2D eigenvalue weighted by Crippen LogP contribution is 2.36. The van der Waals surface area contributed by atoms with E-state index in [-0.39, 0.29) is 11.9 Å². The van der Waals surface area contributed by atoms with Gasteiger partial charge >= 0.3 is 0 Å². The van der Waals surface area contributed by atoms with Crippen LogP contribution in [0, 0.1) is 0 Å². The van der Waals surface area contributed by atoms with Gasteiger partial charge in [0.05, 0.1) is 16.3 Å². The Balaban J connectivity index is 1.54. The van der Waals surface area contributed by atoms with E-state index in [1.54, 1.807) is 17.4 Å². The number of hydrogen-bond donors (Lipinski definition) is 0. The zero-order chi connectivity index (χ0) is 17.2. The molecule has 3 nitrogen and oxygen atoms in total. The van der Waals surface area contributed by atoms with E-state index in [0.717, 1.165) is 35.5 Å². The average molecular weight is 369 g/mol. The predicted octanol–water partition coefficient (Wildman–Crippen LogP) is 5.33. The number of benzene rings is 2. The van der Waals surface area contributed by atoms with Crippen LogP contribution in [-0.2, 0) is 4.79 Å². The summed E-state index contributed by atoms with van der Waals surface area (Å²) in [5.74, 6) is 0.0386. The van der Waals surface area contributed by atoms with Gasteiger partial charge in [-0.3, -0.25) is 4.79 Å². The zero-order valence-corrected chi connectivity index (χ0v) is 15.1. The molecule has 1 unspecified atom stereocenters. The first-order valence-corrected chi connectivity index (χ1v) is 9.50. The Kier molecular flexibility index (Phi) is 4.55. The van der Waals surface area contributed by atoms with E-state index < -0.39 is 0 Å². The number of rotatable bonds is 3. The van der Waals surface area contributed by atoms with E-state index in [9.17, 15) is 4.79 Å². The van der Waals surface area contributed by atoms with E-state index in [0.29, 0.717) is 5.02 Å². The minimum atomic E-state index is 0.0386. The number of aromatic nitrogens is 1. The Morgan fingerprint density at radius 3 is 2.80 bits per heavy atom. The third-order valence-electron chi connectivity index (χ3n) is 4.42. The molecule has 5 heteroatoms. The third kappa shape index (κ3) is 3.46. The minimum absolute atomic E-state index is 0.0386. The molecule has 3 aromatic rings.